The number of aromatic nitrogens is 1. The topological polar surface area (TPSA) is 53.1 Å². The average molecular weight is 317 g/mol. The van der Waals surface area contributed by atoms with E-state index in [-0.39, 0.29) is 0 Å². The molecule has 2 aromatic heterocycles. The highest BCUT2D eigenvalue weighted by Gasteiger charge is 2.19. The molecule has 2 heterocycles. The average Bonchev–Trinajstić information content (AvgIpc) is 3.17. The van der Waals surface area contributed by atoms with Gasteiger partial charge >= 0.3 is 0 Å². The molecule has 0 fully saturated rings. The molecule has 0 bridgehead atoms. The number of furan rings is 1. The van der Waals surface area contributed by atoms with Gasteiger partial charge in [0.2, 0.25) is 0 Å². The van der Waals surface area contributed by atoms with Crippen LogP contribution >= 0.6 is 0 Å². The van der Waals surface area contributed by atoms with E-state index < -0.39 is 0 Å². The quantitative estimate of drug-likeness (QED) is 0.683. The van der Waals surface area contributed by atoms with Crippen LogP contribution < -0.4 is 4.90 Å². The molecule has 0 aliphatic carbocycles. The van der Waals surface area contributed by atoms with Gasteiger partial charge < -0.3 is 9.32 Å². The lowest BCUT2D eigenvalue weighted by Crippen LogP contribution is -2.23. The minimum Gasteiger partial charge on any atom is -0.463 e. The number of pyridine rings is 1. The summed E-state index contributed by atoms with van der Waals surface area (Å²) in [4.78, 5) is 6.89. The SMILES string of the molecule is CCN(CC)c1cc(-c2ccccc2)nc(-c2ccco2)c1C#N. The fourth-order valence-electron chi connectivity index (χ4n) is 2.80. The molecule has 0 radical (unpaired) electrons. The van der Waals surface area contributed by atoms with E-state index in [4.69, 9.17) is 9.40 Å². The van der Waals surface area contributed by atoms with Gasteiger partial charge in [0.25, 0.3) is 0 Å². The maximum Gasteiger partial charge on any atom is 0.153 e. The summed E-state index contributed by atoms with van der Waals surface area (Å²) in [7, 11) is 0. The van der Waals surface area contributed by atoms with Crippen molar-refractivity contribution >= 4 is 5.69 Å². The van der Waals surface area contributed by atoms with E-state index >= 15 is 0 Å². The van der Waals surface area contributed by atoms with Crippen molar-refractivity contribution < 1.29 is 4.42 Å². The highest BCUT2D eigenvalue weighted by atomic mass is 16.3. The highest BCUT2D eigenvalue weighted by Crippen LogP contribution is 2.33. The third-order valence-electron chi connectivity index (χ3n) is 4.04. The zero-order valence-corrected chi connectivity index (χ0v) is 13.9. The number of rotatable bonds is 5. The van der Waals surface area contributed by atoms with Crippen molar-refractivity contribution in [3.63, 3.8) is 0 Å². The Kier molecular flexibility index (Phi) is 4.62. The zero-order chi connectivity index (χ0) is 16.9. The van der Waals surface area contributed by atoms with E-state index in [1.54, 1.807) is 6.26 Å². The van der Waals surface area contributed by atoms with Gasteiger partial charge in [0.1, 0.15) is 17.3 Å². The van der Waals surface area contributed by atoms with E-state index in [0.717, 1.165) is 30.0 Å². The van der Waals surface area contributed by atoms with Crippen LogP contribution in [-0.2, 0) is 0 Å². The Hall–Kier alpha value is -3.06. The van der Waals surface area contributed by atoms with Crippen molar-refractivity contribution in [3.8, 4) is 28.8 Å². The first kappa shape index (κ1) is 15.8. The van der Waals surface area contributed by atoms with Crippen molar-refractivity contribution in [1.29, 1.82) is 5.26 Å². The fraction of sp³-hybridized carbons (Fsp3) is 0.200. The summed E-state index contributed by atoms with van der Waals surface area (Å²) >= 11 is 0. The Morgan fingerprint density at radius 3 is 2.42 bits per heavy atom. The molecule has 0 aliphatic heterocycles. The molecule has 4 heteroatoms. The summed E-state index contributed by atoms with van der Waals surface area (Å²) in [6.45, 7) is 5.81. The molecule has 0 amide bonds. The smallest absolute Gasteiger partial charge is 0.153 e. The van der Waals surface area contributed by atoms with E-state index in [1.807, 2.05) is 48.5 Å². The standard InChI is InChI=1S/C20H19N3O/c1-3-23(4-2)18-13-17(15-9-6-5-7-10-15)22-20(16(18)14-21)19-11-8-12-24-19/h5-13H,3-4H2,1-2H3. The maximum absolute atomic E-state index is 9.74. The normalized spacial score (nSPS) is 10.4. The van der Waals surface area contributed by atoms with Crippen molar-refractivity contribution in [2.24, 2.45) is 0 Å². The first-order valence-electron chi connectivity index (χ1n) is 8.07. The predicted octanol–water partition coefficient (Wildman–Crippen LogP) is 4.73. The number of nitrogens with zero attached hydrogens (tertiary/aromatic N) is 3. The van der Waals surface area contributed by atoms with Crippen LogP contribution in [0.15, 0.2) is 59.2 Å². The van der Waals surface area contributed by atoms with Crippen LogP contribution in [0.4, 0.5) is 5.69 Å². The van der Waals surface area contributed by atoms with E-state index in [9.17, 15) is 5.26 Å². The van der Waals surface area contributed by atoms with E-state index in [0.29, 0.717) is 17.0 Å². The second kappa shape index (κ2) is 7.01. The lowest BCUT2D eigenvalue weighted by Gasteiger charge is -2.23. The van der Waals surface area contributed by atoms with Crippen LogP contribution in [0.2, 0.25) is 0 Å². The van der Waals surface area contributed by atoms with Gasteiger partial charge in [-0.2, -0.15) is 5.26 Å². The van der Waals surface area contributed by atoms with Crippen LogP contribution in [0, 0.1) is 11.3 Å². The van der Waals surface area contributed by atoms with Gasteiger partial charge in [-0.25, -0.2) is 4.98 Å². The number of benzene rings is 1. The largest absolute Gasteiger partial charge is 0.463 e. The molecule has 0 saturated carbocycles. The molecule has 0 aliphatic rings. The molecule has 4 nitrogen and oxygen atoms in total. The third-order valence-corrected chi connectivity index (χ3v) is 4.04. The van der Waals surface area contributed by atoms with E-state index in [1.165, 1.54) is 0 Å². The summed E-state index contributed by atoms with van der Waals surface area (Å²) in [6.07, 6.45) is 1.60. The molecule has 3 aromatic rings. The van der Waals surface area contributed by atoms with Crippen LogP contribution in [0.1, 0.15) is 19.4 Å². The van der Waals surface area contributed by atoms with Crippen molar-refractivity contribution in [2.45, 2.75) is 13.8 Å². The van der Waals surface area contributed by atoms with E-state index in [2.05, 4.69) is 24.8 Å². The second-order valence-electron chi connectivity index (χ2n) is 5.38. The molecule has 0 saturated heterocycles. The van der Waals surface area contributed by atoms with Crippen molar-refractivity contribution in [1.82, 2.24) is 4.98 Å². The van der Waals surface area contributed by atoms with Crippen molar-refractivity contribution in [2.75, 3.05) is 18.0 Å². The lowest BCUT2D eigenvalue weighted by molar-refractivity contribution is 0.580. The first-order chi connectivity index (χ1) is 11.8. The minimum atomic E-state index is 0.549. The number of anilines is 1. The summed E-state index contributed by atoms with van der Waals surface area (Å²) in [5.74, 6) is 0.609. The molecule has 0 unspecified atom stereocenters. The highest BCUT2D eigenvalue weighted by molar-refractivity contribution is 5.78. The number of hydrogen-bond donors (Lipinski definition) is 0. The molecular formula is C20H19N3O. The lowest BCUT2D eigenvalue weighted by atomic mass is 10.0. The first-order valence-corrected chi connectivity index (χ1v) is 8.07. The molecule has 3 rings (SSSR count). The zero-order valence-electron chi connectivity index (χ0n) is 13.9. The Bertz CT molecular complexity index is 845. The van der Waals surface area contributed by atoms with Gasteiger partial charge in [-0.05, 0) is 32.0 Å². The number of hydrogen-bond acceptors (Lipinski definition) is 4. The van der Waals surface area contributed by atoms with Gasteiger partial charge in [-0.1, -0.05) is 30.3 Å². The number of nitriles is 1. The van der Waals surface area contributed by atoms with Crippen LogP contribution in [0.5, 0.6) is 0 Å². The Morgan fingerprint density at radius 1 is 1.08 bits per heavy atom. The Balaban J connectivity index is 2.28. The molecule has 0 spiro atoms. The van der Waals surface area contributed by atoms with Gasteiger partial charge in [-0.3, -0.25) is 0 Å². The summed E-state index contributed by atoms with van der Waals surface area (Å²) < 4.78 is 5.52. The predicted molar refractivity (Wildman–Crippen MR) is 95.7 cm³/mol. The van der Waals surface area contributed by atoms with Gasteiger partial charge in [-0.15, -0.1) is 0 Å². The summed E-state index contributed by atoms with van der Waals surface area (Å²) in [5, 5.41) is 9.74. The maximum atomic E-state index is 9.74. The molecule has 0 atom stereocenters. The van der Waals surface area contributed by atoms with Gasteiger partial charge in [0.05, 0.1) is 17.6 Å². The van der Waals surface area contributed by atoms with Crippen LogP contribution in [0.3, 0.4) is 0 Å². The van der Waals surface area contributed by atoms with Crippen LogP contribution in [0.25, 0.3) is 22.7 Å². The monoisotopic (exact) mass is 317 g/mol. The Labute approximate surface area is 142 Å². The Morgan fingerprint density at radius 2 is 1.83 bits per heavy atom. The summed E-state index contributed by atoms with van der Waals surface area (Å²) in [6, 6.07) is 17.9. The second-order valence-corrected chi connectivity index (χ2v) is 5.38. The third kappa shape index (κ3) is 2.89. The molecule has 1 aromatic carbocycles. The molecule has 0 N–H and O–H groups in total. The van der Waals surface area contributed by atoms with Crippen LogP contribution in [-0.4, -0.2) is 18.1 Å². The molecule has 120 valence electrons. The van der Waals surface area contributed by atoms with Crippen molar-refractivity contribution in [3.05, 3.63) is 60.4 Å². The fourth-order valence-corrected chi connectivity index (χ4v) is 2.80. The molecule has 24 heavy (non-hydrogen) atoms. The van der Waals surface area contributed by atoms with Gasteiger partial charge in [0, 0.05) is 18.7 Å². The summed E-state index contributed by atoms with van der Waals surface area (Å²) in [5.41, 5.74) is 3.88. The minimum absolute atomic E-state index is 0.549. The van der Waals surface area contributed by atoms with Gasteiger partial charge in [0.15, 0.2) is 5.76 Å². The molecular weight excluding hydrogens is 298 g/mol.